The van der Waals surface area contributed by atoms with Crippen LogP contribution >= 0.6 is 7.82 Å². The molecule has 326 valence electrons. The maximum Gasteiger partial charge on any atom is 0.472 e. The molecular weight excluding hydrogens is 741 g/mol. The Labute approximate surface area is 346 Å². The van der Waals surface area contributed by atoms with Crippen LogP contribution in [0, 0.1) is 0 Å². The zero-order valence-corrected chi connectivity index (χ0v) is 37.0. The lowest BCUT2D eigenvalue weighted by Gasteiger charge is -2.24. The van der Waals surface area contributed by atoms with Gasteiger partial charge in [0.15, 0.2) is 6.10 Å². The number of nitrogens with zero attached hydrogens (tertiary/aromatic N) is 1. The molecule has 0 radical (unpaired) electrons. The first kappa shape index (κ1) is 54.2. The molecule has 57 heavy (non-hydrogen) atoms. The van der Waals surface area contributed by atoms with Crippen molar-refractivity contribution in [3.8, 4) is 0 Å². The summed E-state index contributed by atoms with van der Waals surface area (Å²) in [6.45, 7) is 3.94. The summed E-state index contributed by atoms with van der Waals surface area (Å²) >= 11 is 0. The fourth-order valence-corrected chi connectivity index (χ4v) is 5.78. The Hall–Kier alpha value is -2.85. The topological polar surface area (TPSA) is 129 Å². The molecule has 0 heterocycles. The molecule has 0 spiro atoms. The summed E-state index contributed by atoms with van der Waals surface area (Å²) in [7, 11) is 1.39. The average molecular weight is 821 g/mol. The Morgan fingerprint density at radius 1 is 0.632 bits per heavy atom. The van der Waals surface area contributed by atoms with Crippen LogP contribution in [0.15, 0.2) is 85.1 Å². The molecular formula is C46H79NO9P+. The minimum Gasteiger partial charge on any atom is -0.462 e. The van der Waals surface area contributed by atoms with Crippen LogP contribution in [-0.4, -0.2) is 86.1 Å². The number of phosphoric acid groups is 1. The summed E-state index contributed by atoms with van der Waals surface area (Å²) < 4.78 is 34.1. The third-order valence-electron chi connectivity index (χ3n) is 8.58. The van der Waals surface area contributed by atoms with Gasteiger partial charge in [0, 0.05) is 12.8 Å². The molecule has 0 aliphatic heterocycles. The smallest absolute Gasteiger partial charge is 0.462 e. The number of phosphoric ester groups is 1. The maximum absolute atomic E-state index is 12.6. The van der Waals surface area contributed by atoms with Crippen molar-refractivity contribution >= 4 is 19.8 Å². The van der Waals surface area contributed by atoms with Gasteiger partial charge in [0.2, 0.25) is 0 Å². The van der Waals surface area contributed by atoms with Crippen molar-refractivity contribution in [2.45, 2.75) is 148 Å². The first-order chi connectivity index (χ1) is 27.4. The Morgan fingerprint density at radius 2 is 1.18 bits per heavy atom. The number of unbranched alkanes of at least 4 members (excludes halogenated alkanes) is 9. The van der Waals surface area contributed by atoms with E-state index in [1.54, 1.807) is 6.08 Å². The van der Waals surface area contributed by atoms with E-state index in [9.17, 15) is 24.2 Å². The highest BCUT2D eigenvalue weighted by Gasteiger charge is 2.27. The largest absolute Gasteiger partial charge is 0.472 e. The van der Waals surface area contributed by atoms with E-state index < -0.39 is 32.5 Å². The Balaban J connectivity index is 4.56. The Morgan fingerprint density at radius 3 is 1.77 bits per heavy atom. The van der Waals surface area contributed by atoms with E-state index in [2.05, 4.69) is 55.5 Å². The highest BCUT2D eigenvalue weighted by Crippen LogP contribution is 2.43. The van der Waals surface area contributed by atoms with Crippen LogP contribution in [0.25, 0.3) is 0 Å². The molecule has 0 aromatic rings. The molecule has 3 atom stereocenters. The number of aliphatic hydroxyl groups excluding tert-OH is 1. The van der Waals surface area contributed by atoms with Crippen LogP contribution in [0.3, 0.4) is 0 Å². The lowest BCUT2D eigenvalue weighted by Crippen LogP contribution is -2.37. The van der Waals surface area contributed by atoms with Gasteiger partial charge in [0.05, 0.1) is 33.9 Å². The van der Waals surface area contributed by atoms with E-state index in [-0.39, 0.29) is 32.2 Å². The number of hydrogen-bond acceptors (Lipinski definition) is 8. The number of aliphatic hydroxyl groups is 1. The van der Waals surface area contributed by atoms with Crippen molar-refractivity contribution in [1.82, 2.24) is 0 Å². The fourth-order valence-electron chi connectivity index (χ4n) is 5.04. The number of likely N-dealkylation sites (N-methyl/N-ethyl adjacent to an activating group) is 1. The summed E-state index contributed by atoms with van der Waals surface area (Å²) in [5.74, 6) is -0.932. The van der Waals surface area contributed by atoms with Gasteiger partial charge in [-0.25, -0.2) is 4.57 Å². The normalized spacial score (nSPS) is 15.0. The summed E-state index contributed by atoms with van der Waals surface area (Å²) in [5.41, 5.74) is 0. The van der Waals surface area contributed by atoms with Gasteiger partial charge in [-0.1, -0.05) is 137 Å². The number of ether oxygens (including phenoxy) is 2. The predicted molar refractivity (Wildman–Crippen MR) is 235 cm³/mol. The van der Waals surface area contributed by atoms with E-state index >= 15 is 0 Å². The zero-order valence-electron chi connectivity index (χ0n) is 36.1. The SMILES string of the molecule is CCCCCC/C=C\CCCCCCCC(=O)OCC(COP(=O)(O)OCC[N+](C)(C)C)OC(=O)CC/C=C\C/C=C\C/C=C\C/C=C\C/C=C\C=C\C(O)CC. The highest BCUT2D eigenvalue weighted by molar-refractivity contribution is 7.47. The number of allylic oxidation sites excluding steroid dienone is 13. The highest BCUT2D eigenvalue weighted by atomic mass is 31.2. The molecule has 11 heteroatoms. The summed E-state index contributed by atoms with van der Waals surface area (Å²) in [6.07, 6.45) is 44.5. The monoisotopic (exact) mass is 821 g/mol. The van der Waals surface area contributed by atoms with Crippen LogP contribution in [0.2, 0.25) is 0 Å². The lowest BCUT2D eigenvalue weighted by molar-refractivity contribution is -0.870. The molecule has 0 saturated carbocycles. The van der Waals surface area contributed by atoms with Gasteiger partial charge in [-0.3, -0.25) is 18.6 Å². The van der Waals surface area contributed by atoms with Gasteiger partial charge in [-0.05, 0) is 70.6 Å². The second kappa shape index (κ2) is 37.4. The minimum absolute atomic E-state index is 0.00678. The first-order valence-electron chi connectivity index (χ1n) is 21.4. The van der Waals surface area contributed by atoms with Crippen LogP contribution in [-0.2, 0) is 32.7 Å². The third kappa shape index (κ3) is 41.1. The van der Waals surface area contributed by atoms with Crippen molar-refractivity contribution in [1.29, 1.82) is 0 Å². The quantitative estimate of drug-likeness (QED) is 0.0157. The van der Waals surface area contributed by atoms with Gasteiger partial charge >= 0.3 is 19.8 Å². The van der Waals surface area contributed by atoms with Gasteiger partial charge < -0.3 is 24.0 Å². The van der Waals surface area contributed by atoms with E-state index in [1.165, 1.54) is 32.1 Å². The van der Waals surface area contributed by atoms with E-state index in [0.29, 0.717) is 23.9 Å². The summed E-state index contributed by atoms with van der Waals surface area (Å²) in [5, 5.41) is 9.47. The van der Waals surface area contributed by atoms with Crippen molar-refractivity contribution in [3.05, 3.63) is 85.1 Å². The molecule has 0 fully saturated rings. The molecule has 0 aliphatic rings. The Kier molecular flexibility index (Phi) is 35.6. The minimum atomic E-state index is -4.41. The molecule has 0 aromatic heterocycles. The standard InChI is InChI=1S/C46H78NO9P/c1-6-8-9-10-11-12-13-18-22-25-28-31-34-37-45(49)53-41-44(42-55-57(51,52)54-40-39-47(3,4)5)56-46(50)38-35-32-29-26-23-20-17-15-14-16-19-21-24-27-30-33-36-43(48)7-2/h12-15,19-21,23,27,29-30,32-33,36,43-44,48H,6-11,16-18,22,24-26,28,31,34-35,37-42H2,1-5H3/p+1/b13-12-,15-14-,21-19-,23-20-,30-27-,32-29-,36-33+. The van der Waals surface area contributed by atoms with Gasteiger partial charge in [0.1, 0.15) is 19.8 Å². The fraction of sp³-hybridized carbons (Fsp3) is 0.652. The molecule has 2 N–H and O–H groups in total. The second-order valence-electron chi connectivity index (χ2n) is 15.2. The molecule has 0 bridgehead atoms. The number of hydrogen-bond donors (Lipinski definition) is 2. The first-order valence-corrected chi connectivity index (χ1v) is 22.9. The molecule has 10 nitrogen and oxygen atoms in total. The molecule has 0 saturated heterocycles. The van der Waals surface area contributed by atoms with Crippen LogP contribution in [0.5, 0.6) is 0 Å². The van der Waals surface area contributed by atoms with E-state index in [0.717, 1.165) is 64.2 Å². The second-order valence-corrected chi connectivity index (χ2v) is 16.6. The van der Waals surface area contributed by atoms with Crippen molar-refractivity contribution < 1.29 is 47.2 Å². The summed E-state index contributed by atoms with van der Waals surface area (Å²) in [4.78, 5) is 35.3. The Bertz CT molecular complexity index is 1260. The predicted octanol–water partition coefficient (Wildman–Crippen LogP) is 11.0. The van der Waals surface area contributed by atoms with Gasteiger partial charge in [-0.15, -0.1) is 0 Å². The maximum atomic E-state index is 12.6. The number of quaternary nitrogens is 1. The molecule has 0 rings (SSSR count). The number of rotatable bonds is 37. The van der Waals surface area contributed by atoms with Crippen molar-refractivity contribution in [2.24, 2.45) is 0 Å². The van der Waals surface area contributed by atoms with Crippen LogP contribution in [0.4, 0.5) is 0 Å². The molecule has 0 aromatic carbocycles. The van der Waals surface area contributed by atoms with E-state index in [4.69, 9.17) is 18.5 Å². The van der Waals surface area contributed by atoms with Gasteiger partial charge in [0.25, 0.3) is 0 Å². The molecule has 0 aliphatic carbocycles. The average Bonchev–Trinajstić information content (AvgIpc) is 3.16. The number of esters is 2. The van der Waals surface area contributed by atoms with Crippen molar-refractivity contribution in [3.63, 3.8) is 0 Å². The number of carbonyl (C=O) groups excluding carboxylic acids is 2. The zero-order chi connectivity index (χ0) is 42.3. The lowest BCUT2D eigenvalue weighted by atomic mass is 10.1. The third-order valence-corrected chi connectivity index (χ3v) is 9.56. The van der Waals surface area contributed by atoms with E-state index in [1.807, 2.05) is 58.4 Å². The van der Waals surface area contributed by atoms with Crippen LogP contribution < -0.4 is 0 Å². The van der Waals surface area contributed by atoms with Gasteiger partial charge in [-0.2, -0.15) is 0 Å². The van der Waals surface area contributed by atoms with Crippen LogP contribution in [0.1, 0.15) is 136 Å². The summed E-state index contributed by atoms with van der Waals surface area (Å²) in [6, 6.07) is 0. The number of carbonyl (C=O) groups is 2. The molecule has 0 amide bonds. The molecule has 3 unspecified atom stereocenters. The van der Waals surface area contributed by atoms with Crippen molar-refractivity contribution in [2.75, 3.05) is 47.5 Å².